The van der Waals surface area contributed by atoms with Crippen molar-refractivity contribution in [2.45, 2.75) is 18.4 Å². The second-order valence-electron chi connectivity index (χ2n) is 4.44. The molecule has 1 aliphatic carbocycles. The van der Waals surface area contributed by atoms with E-state index in [0.29, 0.717) is 22.9 Å². The van der Waals surface area contributed by atoms with Gasteiger partial charge in [0.25, 0.3) is 0 Å². The molecule has 0 spiro atoms. The summed E-state index contributed by atoms with van der Waals surface area (Å²) in [5.41, 5.74) is 6.90. The Morgan fingerprint density at radius 2 is 2.00 bits per heavy atom. The van der Waals surface area contributed by atoms with Crippen LogP contribution in [0.15, 0.2) is 36.4 Å². The van der Waals surface area contributed by atoms with E-state index in [1.807, 2.05) is 6.07 Å². The molecule has 1 fully saturated rings. The van der Waals surface area contributed by atoms with E-state index in [1.54, 1.807) is 6.07 Å². The molecule has 1 heterocycles. The number of benzene rings is 1. The summed E-state index contributed by atoms with van der Waals surface area (Å²) in [6.07, 6.45) is 1.10. The van der Waals surface area contributed by atoms with E-state index in [4.69, 9.17) is 17.3 Å². The van der Waals surface area contributed by atoms with Gasteiger partial charge in [0.2, 0.25) is 5.95 Å². The highest BCUT2D eigenvalue weighted by Crippen LogP contribution is 2.42. The Morgan fingerprint density at radius 3 is 2.72 bits per heavy atom. The average molecular weight is 261 g/mol. The van der Waals surface area contributed by atoms with Crippen molar-refractivity contribution < 1.29 is 0 Å². The van der Waals surface area contributed by atoms with Crippen LogP contribution in [-0.4, -0.2) is 16.0 Å². The normalized spacial score (nSPS) is 21.6. The lowest BCUT2D eigenvalue weighted by atomic mass is 10.1. The Hall–Kier alpha value is -1.81. The van der Waals surface area contributed by atoms with Crippen molar-refractivity contribution in [1.82, 2.24) is 9.97 Å². The maximum Gasteiger partial charge on any atom is 0.223 e. The van der Waals surface area contributed by atoms with Gasteiger partial charge in [-0.3, -0.25) is 0 Å². The summed E-state index contributed by atoms with van der Waals surface area (Å²) in [5, 5.41) is 3.69. The number of aromatic nitrogens is 2. The van der Waals surface area contributed by atoms with Gasteiger partial charge in [-0.25, -0.2) is 4.98 Å². The number of nitrogens with one attached hydrogen (secondary N) is 1. The molecule has 5 heteroatoms. The van der Waals surface area contributed by atoms with E-state index in [9.17, 15) is 0 Å². The molecular weight excluding hydrogens is 248 g/mol. The molecule has 3 N–H and O–H groups in total. The van der Waals surface area contributed by atoms with Gasteiger partial charge in [0.15, 0.2) is 0 Å². The minimum Gasteiger partial charge on any atom is -0.368 e. The van der Waals surface area contributed by atoms with Gasteiger partial charge in [0.1, 0.15) is 11.0 Å². The zero-order valence-electron chi connectivity index (χ0n) is 9.68. The first-order chi connectivity index (χ1) is 8.72. The van der Waals surface area contributed by atoms with Crippen LogP contribution in [0.25, 0.3) is 0 Å². The van der Waals surface area contributed by atoms with Crippen molar-refractivity contribution >= 4 is 23.4 Å². The number of anilines is 2. The maximum absolute atomic E-state index is 5.84. The van der Waals surface area contributed by atoms with Crippen LogP contribution in [0.2, 0.25) is 5.15 Å². The lowest BCUT2D eigenvalue weighted by molar-refractivity contribution is 1.02. The number of rotatable bonds is 3. The molecule has 1 aromatic carbocycles. The minimum absolute atomic E-state index is 0.196. The molecule has 0 radical (unpaired) electrons. The summed E-state index contributed by atoms with van der Waals surface area (Å²) in [7, 11) is 0. The Balaban J connectivity index is 1.69. The fraction of sp³-hybridized carbons (Fsp3) is 0.231. The van der Waals surface area contributed by atoms with Crippen molar-refractivity contribution in [2.24, 2.45) is 0 Å². The van der Waals surface area contributed by atoms with E-state index in [0.717, 1.165) is 6.42 Å². The molecule has 0 amide bonds. The fourth-order valence-corrected chi connectivity index (χ4v) is 2.31. The van der Waals surface area contributed by atoms with Crippen LogP contribution in [-0.2, 0) is 0 Å². The molecule has 18 heavy (non-hydrogen) atoms. The third-order valence-electron chi connectivity index (χ3n) is 3.06. The molecule has 2 aromatic rings. The Bertz CT molecular complexity index is 538. The van der Waals surface area contributed by atoms with Crippen molar-refractivity contribution in [2.75, 3.05) is 11.1 Å². The summed E-state index contributed by atoms with van der Waals surface area (Å²) in [4.78, 5) is 7.94. The maximum atomic E-state index is 5.84. The summed E-state index contributed by atoms with van der Waals surface area (Å²) < 4.78 is 0. The lowest BCUT2D eigenvalue weighted by Gasteiger charge is -2.06. The lowest BCUT2D eigenvalue weighted by Crippen LogP contribution is -2.07. The average Bonchev–Trinajstić information content (AvgIpc) is 3.08. The molecule has 92 valence electrons. The van der Waals surface area contributed by atoms with Gasteiger partial charge in [-0.05, 0) is 12.0 Å². The Labute approximate surface area is 110 Å². The molecule has 1 aromatic heterocycles. The van der Waals surface area contributed by atoms with Crippen LogP contribution in [0, 0.1) is 0 Å². The van der Waals surface area contributed by atoms with Crippen molar-refractivity contribution in [3.8, 4) is 0 Å². The Morgan fingerprint density at radius 1 is 1.22 bits per heavy atom. The van der Waals surface area contributed by atoms with Gasteiger partial charge in [-0.15, -0.1) is 0 Å². The van der Waals surface area contributed by atoms with Gasteiger partial charge in [-0.1, -0.05) is 41.9 Å². The standard InChI is InChI=1S/C13H13ClN4/c14-11-7-12(18-13(15)17-11)16-10-6-9(10)8-4-2-1-3-5-8/h1-5,7,9-10H,6H2,(H3,15,16,17,18)/t9-,10+/m1/s1. The molecule has 4 nitrogen and oxygen atoms in total. The number of hydrogen-bond acceptors (Lipinski definition) is 4. The first-order valence-electron chi connectivity index (χ1n) is 5.84. The molecule has 0 unspecified atom stereocenters. The van der Waals surface area contributed by atoms with E-state index >= 15 is 0 Å². The van der Waals surface area contributed by atoms with Gasteiger partial charge < -0.3 is 11.1 Å². The monoisotopic (exact) mass is 260 g/mol. The second-order valence-corrected chi connectivity index (χ2v) is 4.83. The third-order valence-corrected chi connectivity index (χ3v) is 3.26. The number of nitrogens with zero attached hydrogens (tertiary/aromatic N) is 2. The molecule has 3 rings (SSSR count). The van der Waals surface area contributed by atoms with Gasteiger partial charge >= 0.3 is 0 Å². The smallest absolute Gasteiger partial charge is 0.223 e. The van der Waals surface area contributed by atoms with Crippen LogP contribution in [0.1, 0.15) is 17.9 Å². The molecule has 0 saturated heterocycles. The number of hydrogen-bond donors (Lipinski definition) is 2. The summed E-state index contributed by atoms with van der Waals surface area (Å²) in [6.45, 7) is 0. The van der Waals surface area contributed by atoms with Crippen LogP contribution in [0.4, 0.5) is 11.8 Å². The predicted octanol–water partition coefficient (Wildman–Crippen LogP) is 2.68. The molecule has 0 aliphatic heterocycles. The highest BCUT2D eigenvalue weighted by molar-refractivity contribution is 6.29. The Kier molecular flexibility index (Phi) is 2.80. The van der Waals surface area contributed by atoms with E-state index in [-0.39, 0.29) is 5.95 Å². The first-order valence-corrected chi connectivity index (χ1v) is 6.22. The second kappa shape index (κ2) is 4.46. The zero-order valence-corrected chi connectivity index (χ0v) is 10.4. The fourth-order valence-electron chi connectivity index (χ4n) is 2.12. The minimum atomic E-state index is 0.196. The quantitative estimate of drug-likeness (QED) is 0.833. The van der Waals surface area contributed by atoms with Crippen LogP contribution < -0.4 is 11.1 Å². The molecule has 1 saturated carbocycles. The zero-order chi connectivity index (χ0) is 12.5. The highest BCUT2D eigenvalue weighted by Gasteiger charge is 2.38. The largest absolute Gasteiger partial charge is 0.368 e. The van der Waals surface area contributed by atoms with Gasteiger partial charge in [-0.2, -0.15) is 4.98 Å². The van der Waals surface area contributed by atoms with E-state index < -0.39 is 0 Å². The van der Waals surface area contributed by atoms with Crippen LogP contribution in [0.5, 0.6) is 0 Å². The summed E-state index contributed by atoms with van der Waals surface area (Å²) in [6, 6.07) is 12.5. The molecule has 1 aliphatic rings. The van der Waals surface area contributed by atoms with Crippen molar-refractivity contribution in [3.05, 3.63) is 47.1 Å². The number of nitrogens with two attached hydrogens (primary N) is 1. The van der Waals surface area contributed by atoms with Crippen molar-refractivity contribution in [3.63, 3.8) is 0 Å². The predicted molar refractivity (Wildman–Crippen MR) is 72.7 cm³/mol. The van der Waals surface area contributed by atoms with Crippen molar-refractivity contribution in [1.29, 1.82) is 0 Å². The highest BCUT2D eigenvalue weighted by atomic mass is 35.5. The summed E-state index contributed by atoms with van der Waals surface area (Å²) >= 11 is 5.84. The summed E-state index contributed by atoms with van der Waals surface area (Å²) in [5.74, 6) is 1.43. The van der Waals surface area contributed by atoms with E-state index in [1.165, 1.54) is 5.56 Å². The molecule has 0 bridgehead atoms. The SMILES string of the molecule is Nc1nc(Cl)cc(N[C@H]2C[C@@H]2c2ccccc2)n1. The first kappa shape index (κ1) is 11.3. The third kappa shape index (κ3) is 2.38. The van der Waals surface area contributed by atoms with Gasteiger partial charge in [0.05, 0.1) is 0 Å². The topological polar surface area (TPSA) is 63.8 Å². The molecule has 2 atom stereocenters. The number of halogens is 1. The number of nitrogen functional groups attached to an aromatic ring is 1. The van der Waals surface area contributed by atoms with E-state index in [2.05, 4.69) is 39.6 Å². The van der Waals surface area contributed by atoms with Crippen LogP contribution >= 0.6 is 11.6 Å². The van der Waals surface area contributed by atoms with Crippen LogP contribution in [0.3, 0.4) is 0 Å². The molecular formula is C13H13ClN4. The van der Waals surface area contributed by atoms with Gasteiger partial charge in [0, 0.05) is 18.0 Å².